The van der Waals surface area contributed by atoms with Crippen molar-refractivity contribution in [2.24, 2.45) is 5.73 Å². The lowest BCUT2D eigenvalue weighted by molar-refractivity contribution is -0.124. The highest BCUT2D eigenvalue weighted by atomic mass is 16.5. The number of ether oxygens (including phenoxy) is 1. The predicted octanol–water partition coefficient (Wildman–Crippen LogP) is -0.0493. The molecule has 0 aliphatic carbocycles. The van der Waals surface area contributed by atoms with E-state index in [0.717, 1.165) is 39.1 Å². The second-order valence-corrected chi connectivity index (χ2v) is 5.01. The molecular weight excluding hydrogens is 218 g/mol. The van der Waals surface area contributed by atoms with Crippen LogP contribution >= 0.6 is 0 Å². The van der Waals surface area contributed by atoms with Gasteiger partial charge in [0.05, 0.1) is 18.8 Å². The van der Waals surface area contributed by atoms with E-state index < -0.39 is 5.54 Å². The smallest absolute Gasteiger partial charge is 0.237 e. The minimum Gasteiger partial charge on any atom is -0.379 e. The van der Waals surface area contributed by atoms with Crippen LogP contribution in [0.5, 0.6) is 0 Å². The Labute approximate surface area is 104 Å². The number of likely N-dealkylation sites (N-methyl/N-ethyl adjacent to an activating group) is 1. The standard InChI is InChI=1S/C12H25N3O2/c1-10-9-17-8-7-15(10)6-4-5-12(2,14-3)11(13)16/h10,14H,4-9H2,1-3H3,(H2,13,16). The Hall–Kier alpha value is -0.650. The maximum absolute atomic E-state index is 11.3. The number of hydrogen-bond acceptors (Lipinski definition) is 4. The fourth-order valence-corrected chi connectivity index (χ4v) is 2.10. The first-order chi connectivity index (χ1) is 7.99. The molecule has 1 amide bonds. The Morgan fingerprint density at radius 1 is 1.65 bits per heavy atom. The molecule has 0 aromatic heterocycles. The summed E-state index contributed by atoms with van der Waals surface area (Å²) in [7, 11) is 1.78. The number of nitrogens with zero attached hydrogens (tertiary/aromatic N) is 1. The van der Waals surface area contributed by atoms with Gasteiger partial charge in [0.2, 0.25) is 5.91 Å². The zero-order valence-electron chi connectivity index (χ0n) is 11.2. The van der Waals surface area contributed by atoms with E-state index in [-0.39, 0.29) is 5.91 Å². The molecule has 1 aliphatic rings. The average Bonchev–Trinajstić information content (AvgIpc) is 2.31. The molecule has 2 unspecified atom stereocenters. The Bertz CT molecular complexity index is 260. The van der Waals surface area contributed by atoms with E-state index in [1.54, 1.807) is 7.05 Å². The van der Waals surface area contributed by atoms with Crippen molar-refractivity contribution < 1.29 is 9.53 Å². The summed E-state index contributed by atoms with van der Waals surface area (Å²) in [5.41, 5.74) is 4.81. The highest BCUT2D eigenvalue weighted by molar-refractivity contribution is 5.84. The first kappa shape index (κ1) is 14.4. The first-order valence-corrected chi connectivity index (χ1v) is 6.30. The molecule has 1 heterocycles. The molecule has 0 bridgehead atoms. The number of primary amides is 1. The molecule has 100 valence electrons. The number of rotatable bonds is 6. The third-order valence-electron chi connectivity index (χ3n) is 3.72. The molecule has 0 saturated carbocycles. The lowest BCUT2D eigenvalue weighted by atomic mass is 9.95. The maximum atomic E-state index is 11.3. The summed E-state index contributed by atoms with van der Waals surface area (Å²) >= 11 is 0. The van der Waals surface area contributed by atoms with E-state index in [1.165, 1.54) is 0 Å². The van der Waals surface area contributed by atoms with Gasteiger partial charge in [-0.15, -0.1) is 0 Å². The third kappa shape index (κ3) is 3.94. The zero-order valence-corrected chi connectivity index (χ0v) is 11.2. The van der Waals surface area contributed by atoms with Gasteiger partial charge >= 0.3 is 0 Å². The Kier molecular flexibility index (Phi) is 5.36. The third-order valence-corrected chi connectivity index (χ3v) is 3.72. The monoisotopic (exact) mass is 243 g/mol. The van der Waals surface area contributed by atoms with E-state index in [4.69, 9.17) is 10.5 Å². The molecule has 1 aliphatic heterocycles. The molecule has 17 heavy (non-hydrogen) atoms. The maximum Gasteiger partial charge on any atom is 0.237 e. The van der Waals surface area contributed by atoms with Crippen LogP contribution in [-0.4, -0.2) is 55.7 Å². The quantitative estimate of drug-likeness (QED) is 0.686. The van der Waals surface area contributed by atoms with Crippen molar-refractivity contribution in [1.29, 1.82) is 0 Å². The summed E-state index contributed by atoms with van der Waals surface area (Å²) in [6, 6.07) is 0.471. The fraction of sp³-hybridized carbons (Fsp3) is 0.917. The molecule has 1 rings (SSSR count). The van der Waals surface area contributed by atoms with E-state index >= 15 is 0 Å². The van der Waals surface area contributed by atoms with Crippen LogP contribution < -0.4 is 11.1 Å². The molecule has 5 nitrogen and oxygen atoms in total. The molecule has 1 fully saturated rings. The van der Waals surface area contributed by atoms with Gasteiger partial charge in [0, 0.05) is 12.6 Å². The number of amides is 1. The second-order valence-electron chi connectivity index (χ2n) is 5.01. The number of nitrogens with one attached hydrogen (secondary N) is 1. The minimum atomic E-state index is -0.588. The van der Waals surface area contributed by atoms with Crippen molar-refractivity contribution in [1.82, 2.24) is 10.2 Å². The Balaban J connectivity index is 2.33. The van der Waals surface area contributed by atoms with Crippen molar-refractivity contribution in [3.8, 4) is 0 Å². The highest BCUT2D eigenvalue weighted by Crippen LogP contribution is 2.14. The van der Waals surface area contributed by atoms with Crippen molar-refractivity contribution in [2.75, 3.05) is 33.4 Å². The van der Waals surface area contributed by atoms with Crippen LogP contribution in [0.1, 0.15) is 26.7 Å². The molecule has 5 heteroatoms. The number of carbonyl (C=O) groups is 1. The summed E-state index contributed by atoms with van der Waals surface area (Å²) in [4.78, 5) is 13.7. The van der Waals surface area contributed by atoms with Crippen LogP contribution in [0, 0.1) is 0 Å². The lowest BCUT2D eigenvalue weighted by Gasteiger charge is -2.34. The summed E-state index contributed by atoms with van der Waals surface area (Å²) in [5, 5.41) is 3.01. The lowest BCUT2D eigenvalue weighted by Crippen LogP contribution is -2.52. The van der Waals surface area contributed by atoms with Crippen molar-refractivity contribution in [3.63, 3.8) is 0 Å². The predicted molar refractivity (Wildman–Crippen MR) is 67.7 cm³/mol. The SMILES string of the molecule is CNC(C)(CCCN1CCOCC1C)C(N)=O. The topological polar surface area (TPSA) is 67.6 Å². The summed E-state index contributed by atoms with van der Waals surface area (Å²) < 4.78 is 5.39. The van der Waals surface area contributed by atoms with Crippen molar-refractivity contribution >= 4 is 5.91 Å². The summed E-state index contributed by atoms with van der Waals surface area (Å²) in [6.07, 6.45) is 1.73. The number of carbonyl (C=O) groups excluding carboxylic acids is 1. The highest BCUT2D eigenvalue weighted by Gasteiger charge is 2.28. The average molecular weight is 243 g/mol. The van der Waals surface area contributed by atoms with E-state index in [1.807, 2.05) is 6.92 Å². The molecule has 1 saturated heterocycles. The van der Waals surface area contributed by atoms with Gasteiger partial charge in [0.15, 0.2) is 0 Å². The Morgan fingerprint density at radius 3 is 2.88 bits per heavy atom. The van der Waals surface area contributed by atoms with Crippen LogP contribution in [0.25, 0.3) is 0 Å². The molecular formula is C12H25N3O2. The number of hydrogen-bond donors (Lipinski definition) is 2. The molecule has 0 spiro atoms. The van der Waals surface area contributed by atoms with Gasteiger partial charge in [-0.3, -0.25) is 9.69 Å². The summed E-state index contributed by atoms with van der Waals surface area (Å²) in [5.74, 6) is -0.282. The Morgan fingerprint density at radius 2 is 2.35 bits per heavy atom. The van der Waals surface area contributed by atoms with Crippen LogP contribution in [0.2, 0.25) is 0 Å². The largest absolute Gasteiger partial charge is 0.379 e. The molecule has 0 radical (unpaired) electrons. The second kappa shape index (κ2) is 6.33. The van der Waals surface area contributed by atoms with Crippen molar-refractivity contribution in [2.45, 2.75) is 38.3 Å². The van der Waals surface area contributed by atoms with Gasteiger partial charge in [-0.25, -0.2) is 0 Å². The van der Waals surface area contributed by atoms with Gasteiger partial charge in [0.1, 0.15) is 0 Å². The van der Waals surface area contributed by atoms with Crippen molar-refractivity contribution in [3.05, 3.63) is 0 Å². The van der Waals surface area contributed by atoms with Gasteiger partial charge in [-0.1, -0.05) is 0 Å². The normalized spacial score (nSPS) is 25.5. The zero-order chi connectivity index (χ0) is 12.9. The summed E-state index contributed by atoms with van der Waals surface area (Å²) in [6.45, 7) is 7.62. The van der Waals surface area contributed by atoms with Gasteiger partial charge < -0.3 is 15.8 Å². The van der Waals surface area contributed by atoms with E-state index in [2.05, 4.69) is 17.1 Å². The first-order valence-electron chi connectivity index (χ1n) is 6.30. The number of nitrogens with two attached hydrogens (primary N) is 1. The van der Waals surface area contributed by atoms with Crippen LogP contribution in [0.15, 0.2) is 0 Å². The number of morpholine rings is 1. The molecule has 3 N–H and O–H groups in total. The van der Waals surface area contributed by atoms with E-state index in [9.17, 15) is 4.79 Å². The van der Waals surface area contributed by atoms with Gasteiger partial charge in [-0.2, -0.15) is 0 Å². The molecule has 0 aromatic rings. The molecule has 2 atom stereocenters. The fourth-order valence-electron chi connectivity index (χ4n) is 2.10. The van der Waals surface area contributed by atoms with Crippen LogP contribution in [-0.2, 0) is 9.53 Å². The van der Waals surface area contributed by atoms with E-state index in [0.29, 0.717) is 6.04 Å². The van der Waals surface area contributed by atoms with Crippen LogP contribution in [0.4, 0.5) is 0 Å². The van der Waals surface area contributed by atoms with Gasteiger partial charge in [0.25, 0.3) is 0 Å². The van der Waals surface area contributed by atoms with Gasteiger partial charge in [-0.05, 0) is 40.3 Å². The van der Waals surface area contributed by atoms with Crippen LogP contribution in [0.3, 0.4) is 0 Å². The minimum absolute atomic E-state index is 0.282. The molecule has 0 aromatic carbocycles.